The molecule has 2 unspecified atom stereocenters. The lowest BCUT2D eigenvalue weighted by Gasteiger charge is -2.48. The van der Waals surface area contributed by atoms with Gasteiger partial charge in [-0.15, -0.1) is 5.92 Å². The Morgan fingerprint density at radius 2 is 1.86 bits per heavy atom. The van der Waals surface area contributed by atoms with E-state index < -0.39 is 0 Å². The summed E-state index contributed by atoms with van der Waals surface area (Å²) in [5.74, 6) is 6.40. The number of nitrogens with zero attached hydrogens (tertiary/aromatic N) is 1. The lowest BCUT2D eigenvalue weighted by Crippen LogP contribution is -2.52. The lowest BCUT2D eigenvalue weighted by atomic mass is 9.76. The zero-order valence-corrected chi connectivity index (χ0v) is 13.4. The molecule has 2 aliphatic rings. The van der Waals surface area contributed by atoms with E-state index in [4.69, 9.17) is 0 Å². The van der Waals surface area contributed by atoms with Gasteiger partial charge in [0.15, 0.2) is 0 Å². The maximum absolute atomic E-state index is 12.3. The Balaban J connectivity index is 1.68. The first-order chi connectivity index (χ1) is 10.8. The molecule has 2 heterocycles. The Hall–Kier alpha value is -1.59. The molecule has 0 aromatic heterocycles. The molecule has 0 amide bonds. The van der Waals surface area contributed by atoms with Crippen LogP contribution < -0.4 is 0 Å². The summed E-state index contributed by atoms with van der Waals surface area (Å²) >= 11 is 0. The van der Waals surface area contributed by atoms with E-state index in [9.17, 15) is 4.79 Å². The number of hydrogen-bond acceptors (Lipinski definition) is 2. The van der Waals surface area contributed by atoms with E-state index in [1.807, 2.05) is 6.92 Å². The van der Waals surface area contributed by atoms with Crippen LogP contribution in [0.4, 0.5) is 0 Å². The normalized spacial score (nSPS) is 27.8. The number of hydrogen-bond donors (Lipinski definition) is 0. The first kappa shape index (κ1) is 15.3. The molecule has 2 heteroatoms. The molecule has 2 saturated heterocycles. The van der Waals surface area contributed by atoms with Gasteiger partial charge in [0.1, 0.15) is 5.78 Å². The third kappa shape index (κ3) is 3.42. The van der Waals surface area contributed by atoms with E-state index >= 15 is 0 Å². The highest BCUT2D eigenvalue weighted by atomic mass is 16.1. The second kappa shape index (κ2) is 7.11. The van der Waals surface area contributed by atoms with Crippen LogP contribution >= 0.6 is 0 Å². The van der Waals surface area contributed by atoms with Gasteiger partial charge in [0.25, 0.3) is 0 Å². The van der Waals surface area contributed by atoms with Crippen molar-refractivity contribution < 1.29 is 4.79 Å². The zero-order chi connectivity index (χ0) is 15.4. The van der Waals surface area contributed by atoms with Gasteiger partial charge in [-0.1, -0.05) is 42.7 Å². The molecule has 116 valence electrons. The Morgan fingerprint density at radius 1 is 1.18 bits per heavy atom. The van der Waals surface area contributed by atoms with Gasteiger partial charge >= 0.3 is 0 Å². The summed E-state index contributed by atoms with van der Waals surface area (Å²) in [5, 5.41) is 0. The molecule has 0 spiro atoms. The van der Waals surface area contributed by atoms with Crippen LogP contribution in [0.1, 0.15) is 51.0 Å². The van der Waals surface area contributed by atoms with E-state index in [2.05, 4.69) is 47.1 Å². The van der Waals surface area contributed by atoms with Crippen LogP contribution in [0, 0.1) is 17.8 Å². The molecule has 3 rings (SSSR count). The molecule has 0 aliphatic carbocycles. The molecule has 1 aromatic carbocycles. The van der Waals surface area contributed by atoms with Crippen LogP contribution in [0.3, 0.4) is 0 Å². The third-order valence-corrected chi connectivity index (χ3v) is 5.23. The highest BCUT2D eigenvalue weighted by Crippen LogP contribution is 2.38. The molecule has 1 aromatic rings. The van der Waals surface area contributed by atoms with Gasteiger partial charge < -0.3 is 0 Å². The maximum atomic E-state index is 12.3. The van der Waals surface area contributed by atoms with Crippen molar-refractivity contribution in [2.45, 2.75) is 64.1 Å². The number of carbonyl (C=O) groups is 1. The van der Waals surface area contributed by atoms with E-state index in [0.29, 0.717) is 24.3 Å². The van der Waals surface area contributed by atoms with E-state index in [1.54, 1.807) is 0 Å². The van der Waals surface area contributed by atoms with Crippen LogP contribution in [0.2, 0.25) is 0 Å². The van der Waals surface area contributed by atoms with Crippen LogP contribution in [0.25, 0.3) is 0 Å². The lowest BCUT2D eigenvalue weighted by molar-refractivity contribution is -0.126. The monoisotopic (exact) mass is 295 g/mol. The Morgan fingerprint density at radius 3 is 2.50 bits per heavy atom. The van der Waals surface area contributed by atoms with Gasteiger partial charge in [-0.25, -0.2) is 0 Å². The van der Waals surface area contributed by atoms with Crippen LogP contribution in [-0.2, 0) is 11.3 Å². The Labute approximate surface area is 133 Å². The molecule has 2 atom stereocenters. The maximum Gasteiger partial charge on any atom is 0.147 e. The van der Waals surface area contributed by atoms with E-state index in [0.717, 1.165) is 19.4 Å². The summed E-state index contributed by atoms with van der Waals surface area (Å²) in [4.78, 5) is 15.0. The molecule has 0 saturated carbocycles. The second-order valence-electron chi connectivity index (χ2n) is 6.63. The summed E-state index contributed by atoms with van der Waals surface area (Å²) < 4.78 is 0. The van der Waals surface area contributed by atoms with Gasteiger partial charge in [-0.3, -0.25) is 9.69 Å². The van der Waals surface area contributed by atoms with Crippen molar-refractivity contribution in [3.8, 4) is 11.8 Å². The number of benzene rings is 1. The molecule has 2 fully saturated rings. The highest BCUT2D eigenvalue weighted by molar-refractivity contribution is 5.83. The molecular weight excluding hydrogens is 270 g/mol. The third-order valence-electron chi connectivity index (χ3n) is 5.23. The fourth-order valence-electron chi connectivity index (χ4n) is 4.11. The van der Waals surface area contributed by atoms with Crippen molar-refractivity contribution in [1.82, 2.24) is 4.90 Å². The zero-order valence-electron chi connectivity index (χ0n) is 13.4. The number of ketones is 1. The minimum atomic E-state index is 0.239. The van der Waals surface area contributed by atoms with Crippen LogP contribution in [0.5, 0.6) is 0 Å². The molecule has 22 heavy (non-hydrogen) atoms. The predicted octanol–water partition coefficient (Wildman–Crippen LogP) is 3.80. The minimum absolute atomic E-state index is 0.239. The topological polar surface area (TPSA) is 20.3 Å². The first-order valence-corrected chi connectivity index (χ1v) is 8.50. The van der Waals surface area contributed by atoms with Crippen molar-refractivity contribution >= 4 is 5.78 Å². The number of piperidine rings is 2. The summed E-state index contributed by atoms with van der Waals surface area (Å²) in [6.07, 6.45) is 6.32. The Bertz CT molecular complexity index is 554. The van der Waals surface area contributed by atoms with E-state index in [-0.39, 0.29) is 5.92 Å². The number of carbonyl (C=O) groups excluding carboxylic acids is 1. The predicted molar refractivity (Wildman–Crippen MR) is 89.2 cm³/mol. The largest absolute Gasteiger partial charge is 0.298 e. The average molecular weight is 295 g/mol. The first-order valence-electron chi connectivity index (χ1n) is 8.50. The molecule has 0 N–H and O–H groups in total. The summed E-state index contributed by atoms with van der Waals surface area (Å²) in [7, 11) is 0. The molecule has 2 bridgehead atoms. The van der Waals surface area contributed by atoms with Gasteiger partial charge in [-0.05, 0) is 38.2 Å². The molecule has 0 radical (unpaired) electrons. The molecule has 2 nitrogen and oxygen atoms in total. The quantitative estimate of drug-likeness (QED) is 0.787. The standard InChI is InChI=1S/C20H25NO/c1-2-3-12-20(22)17-13-18-10-7-11-19(14-17)21(18)15-16-8-5-4-6-9-16/h4-6,8-9,17-19H,7,10-15H2,1H3. The van der Waals surface area contributed by atoms with Crippen molar-refractivity contribution in [3.05, 3.63) is 35.9 Å². The smallest absolute Gasteiger partial charge is 0.147 e. The Kier molecular flexibility index (Phi) is 4.95. The number of fused-ring (bicyclic) bond motifs is 2. The molecular formula is C20H25NO. The van der Waals surface area contributed by atoms with Gasteiger partial charge in [0.2, 0.25) is 0 Å². The summed E-state index contributed by atoms with van der Waals surface area (Å²) in [5.41, 5.74) is 1.39. The minimum Gasteiger partial charge on any atom is -0.298 e. The fourth-order valence-corrected chi connectivity index (χ4v) is 4.11. The summed E-state index contributed by atoms with van der Waals surface area (Å²) in [6, 6.07) is 11.9. The number of rotatable bonds is 4. The van der Waals surface area contributed by atoms with Crippen molar-refractivity contribution in [2.75, 3.05) is 0 Å². The van der Waals surface area contributed by atoms with Crippen molar-refractivity contribution in [3.63, 3.8) is 0 Å². The fraction of sp³-hybridized carbons (Fsp3) is 0.550. The van der Waals surface area contributed by atoms with E-state index in [1.165, 1.54) is 24.8 Å². The van der Waals surface area contributed by atoms with Gasteiger partial charge in [0.05, 0.1) is 6.42 Å². The highest BCUT2D eigenvalue weighted by Gasteiger charge is 2.39. The van der Waals surface area contributed by atoms with Crippen LogP contribution in [-0.4, -0.2) is 22.8 Å². The number of Topliss-reactive ketones (excluding diaryl/α,β-unsaturated/α-hetero) is 1. The molecule has 2 aliphatic heterocycles. The van der Waals surface area contributed by atoms with Crippen LogP contribution in [0.15, 0.2) is 30.3 Å². The van der Waals surface area contributed by atoms with Gasteiger partial charge in [-0.2, -0.15) is 0 Å². The average Bonchev–Trinajstić information content (AvgIpc) is 2.53. The van der Waals surface area contributed by atoms with Gasteiger partial charge in [0, 0.05) is 24.5 Å². The SMILES string of the molecule is CC#CCC(=O)C1CC2CCCC(C1)N2Cc1ccccc1. The summed E-state index contributed by atoms with van der Waals surface area (Å²) in [6.45, 7) is 2.84. The second-order valence-corrected chi connectivity index (χ2v) is 6.63. The van der Waals surface area contributed by atoms with Crippen molar-refractivity contribution in [2.24, 2.45) is 5.92 Å². The van der Waals surface area contributed by atoms with Crippen molar-refractivity contribution in [1.29, 1.82) is 0 Å².